The Morgan fingerprint density at radius 3 is 2.84 bits per heavy atom. The van der Waals surface area contributed by atoms with Gasteiger partial charge < -0.3 is 4.57 Å². The van der Waals surface area contributed by atoms with Gasteiger partial charge in [0, 0.05) is 30.2 Å². The highest BCUT2D eigenvalue weighted by Crippen LogP contribution is 2.47. The van der Waals surface area contributed by atoms with Gasteiger partial charge in [-0.15, -0.1) is 0 Å². The summed E-state index contributed by atoms with van der Waals surface area (Å²) in [6, 6.07) is 2.84. The number of hydrazone groups is 1. The molecule has 25 heavy (non-hydrogen) atoms. The van der Waals surface area contributed by atoms with Crippen LogP contribution in [0.5, 0.6) is 0 Å². The number of amides is 1. The smallest absolute Gasteiger partial charge is 0.272 e. The summed E-state index contributed by atoms with van der Waals surface area (Å²) in [4.78, 5) is 14.8. The number of nitrogens with one attached hydrogen (secondary N) is 1. The number of rotatable bonds is 0. The first-order valence-corrected chi connectivity index (χ1v) is 8.95. The molecule has 1 aromatic heterocycles. The molecule has 5 nitrogen and oxygen atoms in total. The van der Waals surface area contributed by atoms with E-state index in [9.17, 15) is 9.18 Å². The van der Waals surface area contributed by atoms with Crippen LogP contribution in [0.1, 0.15) is 55.2 Å². The summed E-state index contributed by atoms with van der Waals surface area (Å²) in [7, 11) is 1.97. The number of aromatic nitrogens is 1. The van der Waals surface area contributed by atoms with Gasteiger partial charge in [-0.1, -0.05) is 13.8 Å². The fraction of sp³-hybridized carbons (Fsp3) is 0.474. The van der Waals surface area contributed by atoms with Gasteiger partial charge in [0.25, 0.3) is 5.91 Å². The van der Waals surface area contributed by atoms with Gasteiger partial charge in [0.1, 0.15) is 5.82 Å². The maximum Gasteiger partial charge on any atom is 0.272 e. The maximum atomic E-state index is 14.1. The Kier molecular flexibility index (Phi) is 3.51. The lowest BCUT2D eigenvalue weighted by molar-refractivity contribution is 0.0956. The van der Waals surface area contributed by atoms with Gasteiger partial charge in [0.2, 0.25) is 0 Å². The number of aryl methyl sites for hydroxylation is 1. The van der Waals surface area contributed by atoms with Crippen LogP contribution in [0.3, 0.4) is 0 Å². The van der Waals surface area contributed by atoms with E-state index in [1.807, 2.05) is 20.9 Å². The standard InChI is InChI=1S/C17H17FN4O.C2H6/c1-17-4-3-5-22(17)8-11-14-13-10(16(23)20-19-11)6-9(18)7-12(13)21(2)15(14)17;1-2/h6-7H,3-5,8H2,1-2H3,(H,20,23);1-2H3. The molecule has 0 radical (unpaired) electrons. The number of fused-ring (bicyclic) bond motifs is 2. The van der Waals surface area contributed by atoms with Crippen molar-refractivity contribution < 1.29 is 9.18 Å². The Labute approximate surface area is 146 Å². The van der Waals surface area contributed by atoms with Crippen LogP contribution in [0, 0.1) is 5.82 Å². The van der Waals surface area contributed by atoms with Crippen molar-refractivity contribution in [3.63, 3.8) is 0 Å². The third kappa shape index (κ3) is 1.97. The highest BCUT2D eigenvalue weighted by Gasteiger charge is 2.48. The summed E-state index contributed by atoms with van der Waals surface area (Å²) in [6.45, 7) is 7.99. The Hall–Kier alpha value is -2.21. The molecule has 0 aliphatic carbocycles. The van der Waals surface area contributed by atoms with Crippen LogP contribution in [-0.2, 0) is 12.6 Å². The number of halogens is 1. The summed E-state index contributed by atoms with van der Waals surface area (Å²) in [5, 5.41) is 5.19. The Balaban J connectivity index is 0.000000758. The van der Waals surface area contributed by atoms with E-state index >= 15 is 0 Å². The van der Waals surface area contributed by atoms with Gasteiger partial charge in [0.05, 0.1) is 22.3 Å². The first kappa shape index (κ1) is 16.3. The molecule has 1 saturated heterocycles. The van der Waals surface area contributed by atoms with E-state index in [4.69, 9.17) is 0 Å². The molecule has 1 unspecified atom stereocenters. The molecule has 5 rings (SSSR count). The average Bonchev–Trinajstić information content (AvgIpc) is 3.08. The lowest BCUT2D eigenvalue weighted by Crippen LogP contribution is -2.48. The molecule has 1 N–H and O–H groups in total. The van der Waals surface area contributed by atoms with E-state index in [-0.39, 0.29) is 11.4 Å². The number of hydrogen-bond donors (Lipinski definition) is 1. The number of hydrogen-bond acceptors (Lipinski definition) is 3. The largest absolute Gasteiger partial charge is 0.345 e. The van der Waals surface area contributed by atoms with Crippen molar-refractivity contribution in [2.75, 3.05) is 13.1 Å². The van der Waals surface area contributed by atoms with Crippen molar-refractivity contribution in [3.05, 3.63) is 34.8 Å². The molecule has 4 heterocycles. The zero-order chi connectivity index (χ0) is 17.9. The summed E-state index contributed by atoms with van der Waals surface area (Å²) in [5.74, 6) is -0.729. The molecular weight excluding hydrogens is 319 g/mol. The van der Waals surface area contributed by atoms with E-state index in [1.165, 1.54) is 12.1 Å². The maximum absolute atomic E-state index is 14.1. The quantitative estimate of drug-likeness (QED) is 0.800. The summed E-state index contributed by atoms with van der Waals surface area (Å²) < 4.78 is 16.1. The van der Waals surface area contributed by atoms with Gasteiger partial charge in [-0.2, -0.15) is 5.10 Å². The Morgan fingerprint density at radius 2 is 2.08 bits per heavy atom. The highest BCUT2D eigenvalue weighted by molar-refractivity contribution is 6.21. The number of nitrogens with zero attached hydrogens (tertiary/aromatic N) is 3. The van der Waals surface area contributed by atoms with Crippen LogP contribution in [0.15, 0.2) is 17.2 Å². The van der Waals surface area contributed by atoms with E-state index in [0.717, 1.165) is 53.8 Å². The molecule has 0 saturated carbocycles. The van der Waals surface area contributed by atoms with Crippen molar-refractivity contribution in [1.82, 2.24) is 14.9 Å². The van der Waals surface area contributed by atoms with E-state index in [1.54, 1.807) is 0 Å². The fourth-order valence-corrected chi connectivity index (χ4v) is 4.69. The molecule has 0 spiro atoms. The highest BCUT2D eigenvalue weighted by atomic mass is 19.1. The Bertz CT molecular complexity index is 929. The van der Waals surface area contributed by atoms with Crippen molar-refractivity contribution in [3.8, 4) is 0 Å². The molecule has 2 aromatic rings. The number of carbonyl (C=O) groups is 1. The predicted octanol–water partition coefficient (Wildman–Crippen LogP) is 3.12. The third-order valence-corrected chi connectivity index (χ3v) is 5.73. The van der Waals surface area contributed by atoms with E-state index in [0.29, 0.717) is 5.56 Å². The van der Waals surface area contributed by atoms with Crippen molar-refractivity contribution in [2.24, 2.45) is 12.1 Å². The first-order valence-electron chi connectivity index (χ1n) is 8.95. The van der Waals surface area contributed by atoms with Gasteiger partial charge in [0.15, 0.2) is 0 Å². The van der Waals surface area contributed by atoms with Crippen LogP contribution < -0.4 is 5.43 Å². The Morgan fingerprint density at radius 1 is 1.32 bits per heavy atom. The minimum atomic E-state index is -0.391. The second kappa shape index (κ2) is 5.39. The average molecular weight is 342 g/mol. The van der Waals surface area contributed by atoms with Crippen LogP contribution in [0.25, 0.3) is 10.9 Å². The summed E-state index contributed by atoms with van der Waals surface area (Å²) >= 11 is 0. The van der Waals surface area contributed by atoms with Crippen molar-refractivity contribution >= 4 is 22.5 Å². The molecule has 0 bridgehead atoms. The first-order chi connectivity index (χ1) is 12.0. The molecule has 3 aliphatic rings. The third-order valence-electron chi connectivity index (χ3n) is 5.73. The van der Waals surface area contributed by atoms with Gasteiger partial charge in [-0.3, -0.25) is 9.69 Å². The topological polar surface area (TPSA) is 49.6 Å². The lowest BCUT2D eigenvalue weighted by atomic mass is 9.85. The molecule has 1 aromatic carbocycles. The molecule has 3 aliphatic heterocycles. The minimum absolute atomic E-state index is 0.0801. The minimum Gasteiger partial charge on any atom is -0.345 e. The number of benzene rings is 1. The molecule has 1 fully saturated rings. The van der Waals surface area contributed by atoms with Crippen molar-refractivity contribution in [1.29, 1.82) is 0 Å². The van der Waals surface area contributed by atoms with Crippen LogP contribution >= 0.6 is 0 Å². The summed E-state index contributed by atoms with van der Waals surface area (Å²) in [6.07, 6.45) is 2.20. The van der Waals surface area contributed by atoms with E-state index < -0.39 is 5.82 Å². The zero-order valence-electron chi connectivity index (χ0n) is 15.1. The van der Waals surface area contributed by atoms with Crippen LogP contribution in [0.4, 0.5) is 4.39 Å². The van der Waals surface area contributed by atoms with Gasteiger partial charge >= 0.3 is 0 Å². The molecule has 6 heteroatoms. The van der Waals surface area contributed by atoms with Crippen molar-refractivity contribution in [2.45, 2.75) is 39.2 Å². The second-order valence-corrected chi connectivity index (χ2v) is 6.93. The van der Waals surface area contributed by atoms with Crippen LogP contribution in [-0.4, -0.2) is 34.2 Å². The lowest BCUT2D eigenvalue weighted by Gasteiger charge is -2.40. The molecule has 1 atom stereocenters. The fourth-order valence-electron chi connectivity index (χ4n) is 4.69. The molecule has 132 valence electrons. The summed E-state index contributed by atoms with van der Waals surface area (Å²) in [5.41, 5.74) is 6.71. The second-order valence-electron chi connectivity index (χ2n) is 6.93. The normalized spacial score (nSPS) is 24.2. The molecular formula is C19H23FN4O. The SMILES string of the molecule is CC.Cn1c2c3c4c(cc(F)cc41)C(=O)NN=C3CN1CCCC21C. The monoisotopic (exact) mass is 342 g/mol. The zero-order valence-corrected chi connectivity index (χ0v) is 15.1. The van der Waals surface area contributed by atoms with Gasteiger partial charge in [-0.25, -0.2) is 9.82 Å². The molecule has 1 amide bonds. The van der Waals surface area contributed by atoms with Gasteiger partial charge in [-0.05, 0) is 38.4 Å². The van der Waals surface area contributed by atoms with E-state index in [2.05, 4.69) is 26.9 Å². The predicted molar refractivity (Wildman–Crippen MR) is 96.4 cm³/mol. The van der Waals surface area contributed by atoms with Crippen LogP contribution in [0.2, 0.25) is 0 Å². The number of carbonyl (C=O) groups excluding carboxylic acids is 1.